The topological polar surface area (TPSA) is 77.1 Å². The summed E-state index contributed by atoms with van der Waals surface area (Å²) < 4.78 is 16.3. The Balaban J connectivity index is 1.42. The highest BCUT2D eigenvalue weighted by Gasteiger charge is 2.32. The molecule has 158 valence electrons. The maximum Gasteiger partial charge on any atom is 0.255 e. The molecule has 0 radical (unpaired) electrons. The van der Waals surface area contributed by atoms with Crippen LogP contribution in [0.25, 0.3) is 0 Å². The van der Waals surface area contributed by atoms with Crippen molar-refractivity contribution in [1.82, 2.24) is 4.90 Å². The highest BCUT2D eigenvalue weighted by atomic mass is 16.7. The van der Waals surface area contributed by atoms with Gasteiger partial charge in [0.2, 0.25) is 0 Å². The lowest BCUT2D eigenvalue weighted by Gasteiger charge is -2.34. The first-order chi connectivity index (χ1) is 14.7. The van der Waals surface area contributed by atoms with Crippen molar-refractivity contribution in [2.75, 3.05) is 38.7 Å². The highest BCUT2D eigenvalue weighted by molar-refractivity contribution is 6.09. The number of hydrogen-bond donors (Lipinski definition) is 1. The van der Waals surface area contributed by atoms with E-state index in [0.717, 1.165) is 12.8 Å². The van der Waals surface area contributed by atoms with Gasteiger partial charge in [-0.15, -0.1) is 0 Å². The lowest BCUT2D eigenvalue weighted by Crippen LogP contribution is -2.41. The second-order valence-corrected chi connectivity index (χ2v) is 7.47. The molecule has 0 atom stereocenters. The first-order valence-corrected chi connectivity index (χ1v) is 10.2. The average molecular weight is 410 g/mol. The van der Waals surface area contributed by atoms with Gasteiger partial charge in [-0.2, -0.15) is 0 Å². The molecule has 2 amide bonds. The molecule has 4 rings (SSSR count). The van der Waals surface area contributed by atoms with E-state index in [1.165, 1.54) is 0 Å². The van der Waals surface area contributed by atoms with Gasteiger partial charge in [-0.3, -0.25) is 9.59 Å². The molecule has 0 saturated carbocycles. The zero-order valence-corrected chi connectivity index (χ0v) is 17.0. The summed E-state index contributed by atoms with van der Waals surface area (Å²) >= 11 is 0. The van der Waals surface area contributed by atoms with E-state index in [-0.39, 0.29) is 18.1 Å². The Morgan fingerprint density at radius 1 is 1.00 bits per heavy atom. The molecule has 2 aliphatic rings. The predicted molar refractivity (Wildman–Crippen MR) is 112 cm³/mol. The summed E-state index contributed by atoms with van der Waals surface area (Å²) in [5, 5.41) is 2.87. The number of anilines is 1. The van der Waals surface area contributed by atoms with E-state index in [2.05, 4.69) is 5.32 Å². The van der Waals surface area contributed by atoms with E-state index < -0.39 is 0 Å². The lowest BCUT2D eigenvalue weighted by molar-refractivity contribution is -0.0956. The number of carbonyl (C=O) groups excluding carboxylic acids is 2. The van der Waals surface area contributed by atoms with E-state index in [1.54, 1.807) is 49.6 Å². The lowest BCUT2D eigenvalue weighted by atomic mass is 9.95. The summed E-state index contributed by atoms with van der Waals surface area (Å²) in [6.07, 6.45) is 1.55. The van der Waals surface area contributed by atoms with Gasteiger partial charge < -0.3 is 24.4 Å². The van der Waals surface area contributed by atoms with Crippen LogP contribution in [-0.4, -0.2) is 56.4 Å². The van der Waals surface area contributed by atoms with Crippen molar-refractivity contribution in [1.29, 1.82) is 0 Å². The summed E-state index contributed by atoms with van der Waals surface area (Å²) in [5.74, 6) is 0.653. The molecule has 7 heteroatoms. The predicted octanol–water partition coefficient (Wildman–Crippen LogP) is 3.17. The summed E-state index contributed by atoms with van der Waals surface area (Å²) in [4.78, 5) is 27.6. The molecule has 2 heterocycles. The van der Waals surface area contributed by atoms with E-state index >= 15 is 0 Å². The van der Waals surface area contributed by atoms with Crippen LogP contribution >= 0.6 is 0 Å². The van der Waals surface area contributed by atoms with Crippen molar-refractivity contribution < 1.29 is 23.8 Å². The third-order valence-corrected chi connectivity index (χ3v) is 5.62. The van der Waals surface area contributed by atoms with Gasteiger partial charge in [-0.25, -0.2) is 0 Å². The third kappa shape index (κ3) is 4.47. The van der Waals surface area contributed by atoms with Gasteiger partial charge in [0.15, 0.2) is 6.29 Å². The van der Waals surface area contributed by atoms with E-state index in [9.17, 15) is 9.59 Å². The minimum atomic E-state index is -0.271. The molecule has 0 spiro atoms. The standard InChI is InChI=1S/C23H26N2O5/c1-28-18-8-6-16(7-9-18)21(26)24-20-5-3-2-4-19(20)22(27)25-12-10-17(11-13-25)23-29-14-15-30-23/h2-9,17,23H,10-15H2,1H3,(H,24,26). The normalized spacial score (nSPS) is 17.7. The number of piperidine rings is 1. The maximum atomic E-state index is 13.1. The highest BCUT2D eigenvalue weighted by Crippen LogP contribution is 2.28. The van der Waals surface area contributed by atoms with E-state index in [4.69, 9.17) is 14.2 Å². The van der Waals surface area contributed by atoms with Crippen molar-refractivity contribution in [3.8, 4) is 5.75 Å². The number of amides is 2. The number of benzene rings is 2. The van der Waals surface area contributed by atoms with Gasteiger partial charge in [-0.1, -0.05) is 12.1 Å². The van der Waals surface area contributed by atoms with Crippen molar-refractivity contribution in [3.63, 3.8) is 0 Å². The smallest absolute Gasteiger partial charge is 0.255 e. The van der Waals surface area contributed by atoms with Gasteiger partial charge in [0, 0.05) is 24.6 Å². The van der Waals surface area contributed by atoms with Crippen LogP contribution in [0.15, 0.2) is 48.5 Å². The molecule has 0 aliphatic carbocycles. The molecular formula is C23H26N2O5. The number of ether oxygens (including phenoxy) is 3. The molecule has 0 bridgehead atoms. The fraction of sp³-hybridized carbons (Fsp3) is 0.391. The van der Waals surface area contributed by atoms with Crippen LogP contribution in [-0.2, 0) is 9.47 Å². The number of para-hydroxylation sites is 1. The van der Waals surface area contributed by atoms with E-state index in [1.807, 2.05) is 11.0 Å². The molecule has 2 aromatic rings. The SMILES string of the molecule is COc1ccc(C(=O)Nc2ccccc2C(=O)N2CCC(C3OCCO3)CC2)cc1. The minimum Gasteiger partial charge on any atom is -0.497 e. The molecule has 0 aromatic heterocycles. The Labute approximate surface area is 175 Å². The van der Waals surface area contributed by atoms with Crippen LogP contribution in [0.2, 0.25) is 0 Å². The fourth-order valence-corrected chi connectivity index (χ4v) is 3.91. The molecule has 30 heavy (non-hydrogen) atoms. The molecular weight excluding hydrogens is 384 g/mol. The van der Waals surface area contributed by atoms with Crippen LogP contribution in [0.5, 0.6) is 5.75 Å². The number of methoxy groups -OCH3 is 1. The van der Waals surface area contributed by atoms with Crippen LogP contribution in [0.3, 0.4) is 0 Å². The minimum absolute atomic E-state index is 0.0765. The number of rotatable bonds is 5. The third-order valence-electron chi connectivity index (χ3n) is 5.62. The van der Waals surface area contributed by atoms with Crippen molar-refractivity contribution >= 4 is 17.5 Å². The summed E-state index contributed by atoms with van der Waals surface area (Å²) in [5.41, 5.74) is 1.49. The van der Waals surface area contributed by atoms with Gasteiger partial charge in [0.05, 0.1) is 31.6 Å². The first-order valence-electron chi connectivity index (χ1n) is 10.2. The van der Waals surface area contributed by atoms with Crippen LogP contribution < -0.4 is 10.1 Å². The van der Waals surface area contributed by atoms with Gasteiger partial charge in [-0.05, 0) is 49.2 Å². The van der Waals surface area contributed by atoms with Gasteiger partial charge in [0.1, 0.15) is 5.75 Å². The van der Waals surface area contributed by atoms with Crippen molar-refractivity contribution in [2.45, 2.75) is 19.1 Å². The average Bonchev–Trinajstić information content (AvgIpc) is 3.34. The monoisotopic (exact) mass is 410 g/mol. The molecule has 2 saturated heterocycles. The van der Waals surface area contributed by atoms with Gasteiger partial charge >= 0.3 is 0 Å². The number of carbonyl (C=O) groups is 2. The van der Waals surface area contributed by atoms with Crippen LogP contribution in [0, 0.1) is 5.92 Å². The summed E-state index contributed by atoms with van der Waals surface area (Å²) in [6, 6.07) is 14.0. The van der Waals surface area contributed by atoms with Crippen molar-refractivity contribution in [3.05, 3.63) is 59.7 Å². The zero-order valence-electron chi connectivity index (χ0n) is 17.0. The number of hydrogen-bond acceptors (Lipinski definition) is 5. The first kappa shape index (κ1) is 20.4. The van der Waals surface area contributed by atoms with Gasteiger partial charge in [0.25, 0.3) is 11.8 Å². The molecule has 2 fully saturated rings. The molecule has 7 nitrogen and oxygen atoms in total. The molecule has 2 aliphatic heterocycles. The number of nitrogens with zero attached hydrogens (tertiary/aromatic N) is 1. The Bertz CT molecular complexity index is 885. The largest absolute Gasteiger partial charge is 0.497 e. The Morgan fingerprint density at radius 3 is 2.33 bits per heavy atom. The van der Waals surface area contributed by atoms with Crippen LogP contribution in [0.4, 0.5) is 5.69 Å². The van der Waals surface area contributed by atoms with E-state index in [0.29, 0.717) is 54.8 Å². The Hall–Kier alpha value is -2.90. The maximum absolute atomic E-state index is 13.1. The summed E-state index contributed by atoms with van der Waals surface area (Å²) in [7, 11) is 1.58. The van der Waals surface area contributed by atoms with Crippen LogP contribution in [0.1, 0.15) is 33.6 Å². The molecule has 0 unspecified atom stereocenters. The second-order valence-electron chi connectivity index (χ2n) is 7.47. The number of nitrogens with one attached hydrogen (secondary N) is 1. The zero-order chi connectivity index (χ0) is 20.9. The fourth-order valence-electron chi connectivity index (χ4n) is 3.91. The Morgan fingerprint density at radius 2 is 1.67 bits per heavy atom. The van der Waals surface area contributed by atoms with Crippen molar-refractivity contribution in [2.24, 2.45) is 5.92 Å². The second kappa shape index (κ2) is 9.28. The number of likely N-dealkylation sites (tertiary alicyclic amines) is 1. The quantitative estimate of drug-likeness (QED) is 0.819. The molecule has 2 aromatic carbocycles. The summed E-state index contributed by atoms with van der Waals surface area (Å²) in [6.45, 7) is 2.58. The Kier molecular flexibility index (Phi) is 6.30. The molecule has 1 N–H and O–H groups in total.